The number of furan rings is 1. The molecule has 0 radical (unpaired) electrons. The summed E-state index contributed by atoms with van der Waals surface area (Å²) in [4.78, 5) is 6.78. The molecule has 1 fully saturated rings. The van der Waals surface area contributed by atoms with Crippen molar-refractivity contribution in [1.82, 2.24) is 20.7 Å². The SMILES string of the molecule is CCc1noc(CC)c1CNC(=NC)NCC(c1ccc(C)o1)N1CCOCC1. The van der Waals surface area contributed by atoms with Crippen LogP contribution in [0.15, 0.2) is 26.1 Å². The topological polar surface area (TPSA) is 88.1 Å². The van der Waals surface area contributed by atoms with Crippen molar-refractivity contribution in [2.24, 2.45) is 4.99 Å². The Bertz CT molecular complexity index is 771. The zero-order valence-corrected chi connectivity index (χ0v) is 18.0. The van der Waals surface area contributed by atoms with Crippen molar-refractivity contribution >= 4 is 5.96 Å². The molecule has 0 bridgehead atoms. The molecule has 0 saturated carbocycles. The third kappa shape index (κ3) is 5.39. The molecule has 0 aliphatic carbocycles. The van der Waals surface area contributed by atoms with Gasteiger partial charge >= 0.3 is 0 Å². The van der Waals surface area contributed by atoms with Crippen molar-refractivity contribution in [2.75, 3.05) is 39.9 Å². The van der Waals surface area contributed by atoms with Gasteiger partial charge in [-0.2, -0.15) is 0 Å². The van der Waals surface area contributed by atoms with E-state index >= 15 is 0 Å². The minimum absolute atomic E-state index is 0.124. The van der Waals surface area contributed by atoms with E-state index < -0.39 is 0 Å². The van der Waals surface area contributed by atoms with E-state index in [1.165, 1.54) is 0 Å². The normalized spacial score (nSPS) is 16.8. The number of hydrogen-bond acceptors (Lipinski definition) is 6. The van der Waals surface area contributed by atoms with Gasteiger partial charge in [0.25, 0.3) is 0 Å². The molecule has 0 amide bonds. The van der Waals surface area contributed by atoms with Crippen LogP contribution in [0.5, 0.6) is 0 Å². The number of nitrogens with zero attached hydrogens (tertiary/aromatic N) is 3. The van der Waals surface area contributed by atoms with Gasteiger partial charge in [-0.25, -0.2) is 0 Å². The van der Waals surface area contributed by atoms with Crippen molar-refractivity contribution in [1.29, 1.82) is 0 Å². The number of ether oxygens (including phenoxy) is 1. The summed E-state index contributed by atoms with van der Waals surface area (Å²) in [6.07, 6.45) is 1.68. The largest absolute Gasteiger partial charge is 0.465 e. The predicted molar refractivity (Wildman–Crippen MR) is 112 cm³/mol. The molecular formula is C21H33N5O3. The van der Waals surface area contributed by atoms with Crippen LogP contribution in [0.4, 0.5) is 0 Å². The van der Waals surface area contributed by atoms with Gasteiger partial charge in [-0.05, 0) is 25.5 Å². The number of guanidine groups is 1. The third-order valence-electron chi connectivity index (χ3n) is 5.30. The lowest BCUT2D eigenvalue weighted by atomic mass is 10.1. The van der Waals surface area contributed by atoms with Crippen LogP contribution in [0.3, 0.4) is 0 Å². The Labute approximate surface area is 172 Å². The lowest BCUT2D eigenvalue weighted by Gasteiger charge is -2.33. The first-order chi connectivity index (χ1) is 14.2. The Hall–Kier alpha value is -2.32. The van der Waals surface area contributed by atoms with E-state index in [4.69, 9.17) is 13.7 Å². The molecule has 2 aromatic rings. The predicted octanol–water partition coefficient (Wildman–Crippen LogP) is 2.44. The molecule has 1 atom stereocenters. The van der Waals surface area contributed by atoms with Crippen LogP contribution in [-0.2, 0) is 24.1 Å². The van der Waals surface area contributed by atoms with Crippen LogP contribution in [0.25, 0.3) is 0 Å². The Morgan fingerprint density at radius 2 is 2.00 bits per heavy atom. The van der Waals surface area contributed by atoms with Crippen LogP contribution in [0.1, 0.15) is 48.4 Å². The van der Waals surface area contributed by atoms with E-state index in [2.05, 4.69) is 45.6 Å². The molecule has 0 aromatic carbocycles. The monoisotopic (exact) mass is 403 g/mol. The average Bonchev–Trinajstić information content (AvgIpc) is 3.36. The highest BCUT2D eigenvalue weighted by Crippen LogP contribution is 2.23. The summed E-state index contributed by atoms with van der Waals surface area (Å²) in [5.74, 6) is 3.57. The van der Waals surface area contributed by atoms with E-state index in [1.807, 2.05) is 13.0 Å². The van der Waals surface area contributed by atoms with E-state index in [1.54, 1.807) is 7.05 Å². The molecule has 3 heterocycles. The quantitative estimate of drug-likeness (QED) is 0.517. The molecule has 1 aliphatic heterocycles. The average molecular weight is 404 g/mol. The first-order valence-corrected chi connectivity index (χ1v) is 10.4. The Morgan fingerprint density at radius 3 is 2.62 bits per heavy atom. The molecule has 3 rings (SSSR count). The smallest absolute Gasteiger partial charge is 0.191 e. The number of aliphatic imine (C=N–C) groups is 1. The first-order valence-electron chi connectivity index (χ1n) is 10.4. The van der Waals surface area contributed by atoms with Crippen LogP contribution in [0, 0.1) is 6.92 Å². The second-order valence-corrected chi connectivity index (χ2v) is 7.16. The van der Waals surface area contributed by atoms with Gasteiger partial charge in [-0.15, -0.1) is 0 Å². The van der Waals surface area contributed by atoms with Gasteiger partial charge < -0.3 is 24.3 Å². The van der Waals surface area contributed by atoms with Crippen molar-refractivity contribution in [3.63, 3.8) is 0 Å². The number of aryl methyl sites for hydroxylation is 3. The summed E-state index contributed by atoms with van der Waals surface area (Å²) in [5, 5.41) is 11.0. The van der Waals surface area contributed by atoms with E-state index in [0.717, 1.165) is 73.6 Å². The fraction of sp³-hybridized carbons (Fsp3) is 0.619. The van der Waals surface area contributed by atoms with E-state index in [-0.39, 0.29) is 6.04 Å². The molecule has 1 saturated heterocycles. The summed E-state index contributed by atoms with van der Waals surface area (Å²) < 4.78 is 16.9. The maximum absolute atomic E-state index is 5.94. The van der Waals surface area contributed by atoms with Crippen LogP contribution in [0.2, 0.25) is 0 Å². The highest BCUT2D eigenvalue weighted by atomic mass is 16.5. The first kappa shape index (κ1) is 21.4. The Kier molecular flexibility index (Phi) is 7.71. The Balaban J connectivity index is 1.63. The van der Waals surface area contributed by atoms with E-state index in [0.29, 0.717) is 13.1 Å². The zero-order valence-electron chi connectivity index (χ0n) is 18.0. The minimum Gasteiger partial charge on any atom is -0.465 e. The molecule has 1 aliphatic rings. The van der Waals surface area contributed by atoms with Gasteiger partial charge in [0, 0.05) is 45.2 Å². The molecular weight excluding hydrogens is 370 g/mol. The lowest BCUT2D eigenvalue weighted by molar-refractivity contribution is 0.0124. The summed E-state index contributed by atoms with van der Waals surface area (Å²) in [5.41, 5.74) is 2.13. The van der Waals surface area contributed by atoms with Gasteiger partial charge in [0.2, 0.25) is 0 Å². The highest BCUT2D eigenvalue weighted by molar-refractivity contribution is 5.79. The Morgan fingerprint density at radius 1 is 1.21 bits per heavy atom. The molecule has 1 unspecified atom stereocenters. The maximum atomic E-state index is 5.94. The number of rotatable bonds is 8. The van der Waals surface area contributed by atoms with Gasteiger partial charge in [0.1, 0.15) is 17.3 Å². The van der Waals surface area contributed by atoms with Crippen molar-refractivity contribution in [3.05, 3.63) is 40.7 Å². The highest BCUT2D eigenvalue weighted by Gasteiger charge is 2.25. The van der Waals surface area contributed by atoms with Crippen molar-refractivity contribution in [2.45, 2.75) is 46.2 Å². The van der Waals surface area contributed by atoms with Crippen LogP contribution >= 0.6 is 0 Å². The lowest BCUT2D eigenvalue weighted by Crippen LogP contribution is -2.46. The molecule has 29 heavy (non-hydrogen) atoms. The second kappa shape index (κ2) is 10.5. The second-order valence-electron chi connectivity index (χ2n) is 7.16. The van der Waals surface area contributed by atoms with Gasteiger partial charge in [0.15, 0.2) is 5.96 Å². The van der Waals surface area contributed by atoms with Crippen molar-refractivity contribution in [3.8, 4) is 0 Å². The summed E-state index contributed by atoms with van der Waals surface area (Å²) in [7, 11) is 1.78. The summed E-state index contributed by atoms with van der Waals surface area (Å²) in [6.45, 7) is 10.7. The summed E-state index contributed by atoms with van der Waals surface area (Å²) >= 11 is 0. The molecule has 2 N–H and O–H groups in total. The maximum Gasteiger partial charge on any atom is 0.191 e. The van der Waals surface area contributed by atoms with Crippen LogP contribution in [-0.4, -0.2) is 55.9 Å². The van der Waals surface area contributed by atoms with Gasteiger partial charge in [0.05, 0.1) is 24.9 Å². The van der Waals surface area contributed by atoms with Crippen LogP contribution < -0.4 is 10.6 Å². The fourth-order valence-corrected chi connectivity index (χ4v) is 3.66. The minimum atomic E-state index is 0.124. The number of nitrogens with one attached hydrogen (secondary N) is 2. The summed E-state index contributed by atoms with van der Waals surface area (Å²) in [6, 6.07) is 4.20. The van der Waals surface area contributed by atoms with Gasteiger partial charge in [-0.3, -0.25) is 9.89 Å². The number of morpholine rings is 1. The van der Waals surface area contributed by atoms with Gasteiger partial charge in [-0.1, -0.05) is 19.0 Å². The standard InChI is InChI=1S/C21H33N5O3/c1-5-17-16(19(6-2)29-25-17)13-23-21(22-4)24-14-18(20-8-7-15(3)28-20)26-9-11-27-12-10-26/h7-8,18H,5-6,9-14H2,1-4H3,(H2,22,23,24). The molecule has 2 aromatic heterocycles. The van der Waals surface area contributed by atoms with Crippen molar-refractivity contribution < 1.29 is 13.7 Å². The fourth-order valence-electron chi connectivity index (χ4n) is 3.66. The molecule has 8 heteroatoms. The zero-order chi connectivity index (χ0) is 20.6. The molecule has 8 nitrogen and oxygen atoms in total. The third-order valence-corrected chi connectivity index (χ3v) is 5.30. The number of aromatic nitrogens is 1. The molecule has 160 valence electrons. The molecule has 0 spiro atoms. The van der Waals surface area contributed by atoms with E-state index in [9.17, 15) is 0 Å². The number of hydrogen-bond donors (Lipinski definition) is 2.